The zero-order chi connectivity index (χ0) is 9.26. The van der Waals surface area contributed by atoms with Crippen LogP contribution < -0.4 is 0 Å². The molecule has 0 spiro atoms. The quantitative estimate of drug-likeness (QED) is 0.737. The average Bonchev–Trinajstić information content (AvgIpc) is 2.18. The first-order chi connectivity index (χ1) is 6.31. The predicted molar refractivity (Wildman–Crippen MR) is 58.8 cm³/mol. The van der Waals surface area contributed by atoms with E-state index in [1.807, 2.05) is 18.2 Å². The molecule has 2 rings (SSSR count). The van der Waals surface area contributed by atoms with Crippen LogP contribution in [-0.4, -0.2) is 4.98 Å². The van der Waals surface area contributed by atoms with Crippen LogP contribution >= 0.6 is 15.9 Å². The van der Waals surface area contributed by atoms with Gasteiger partial charge in [-0.1, -0.05) is 28.9 Å². The first kappa shape index (κ1) is 8.70. The van der Waals surface area contributed by atoms with Crippen molar-refractivity contribution in [2.24, 2.45) is 0 Å². The largest absolute Gasteiger partial charge is 0.253 e. The van der Waals surface area contributed by atoms with Gasteiger partial charge in [-0.3, -0.25) is 4.98 Å². The van der Waals surface area contributed by atoms with Gasteiger partial charge in [0.2, 0.25) is 0 Å². The topological polar surface area (TPSA) is 12.9 Å². The molecule has 1 aromatic heterocycles. The third-order valence-corrected chi connectivity index (χ3v) is 2.79. The summed E-state index contributed by atoms with van der Waals surface area (Å²) in [5.41, 5.74) is 2.21. The highest BCUT2D eigenvalue weighted by Crippen LogP contribution is 2.22. The maximum atomic E-state index is 4.52. The van der Waals surface area contributed by atoms with E-state index in [2.05, 4.69) is 40.0 Å². The molecule has 2 aromatic rings. The van der Waals surface area contributed by atoms with Crippen LogP contribution in [0.25, 0.3) is 10.9 Å². The number of rotatable bonds is 1. The van der Waals surface area contributed by atoms with Gasteiger partial charge in [0.05, 0.1) is 5.52 Å². The third kappa shape index (κ3) is 1.59. The van der Waals surface area contributed by atoms with Crippen LogP contribution in [0.2, 0.25) is 0 Å². The number of fused-ring (bicyclic) bond motifs is 1. The minimum atomic E-state index is 0.989. The molecule has 0 aliphatic heterocycles. The molecule has 0 aliphatic carbocycles. The number of hydrogen-bond donors (Lipinski definition) is 0. The summed E-state index contributed by atoms with van der Waals surface area (Å²) in [6.45, 7) is 2.12. The molecule has 1 heterocycles. The number of aromatic nitrogens is 1. The van der Waals surface area contributed by atoms with Gasteiger partial charge >= 0.3 is 0 Å². The predicted octanol–water partition coefficient (Wildman–Crippen LogP) is 3.56. The smallest absolute Gasteiger partial charge is 0.0716 e. The van der Waals surface area contributed by atoms with Gasteiger partial charge < -0.3 is 0 Å². The highest BCUT2D eigenvalue weighted by atomic mass is 79.9. The normalized spacial score (nSPS) is 10.6. The van der Waals surface area contributed by atoms with Gasteiger partial charge in [-0.2, -0.15) is 0 Å². The van der Waals surface area contributed by atoms with E-state index in [9.17, 15) is 0 Å². The number of nitrogens with zero attached hydrogens (tertiary/aromatic N) is 1. The lowest BCUT2D eigenvalue weighted by molar-refractivity contribution is 1.06. The van der Waals surface area contributed by atoms with Crippen LogP contribution in [0.1, 0.15) is 12.6 Å². The first-order valence-corrected chi connectivity index (χ1v) is 5.14. The Kier molecular flexibility index (Phi) is 2.32. The van der Waals surface area contributed by atoms with Gasteiger partial charge in [0.25, 0.3) is 0 Å². The fourth-order valence-corrected chi connectivity index (χ4v) is 1.84. The lowest BCUT2D eigenvalue weighted by Gasteiger charge is -2.01. The zero-order valence-corrected chi connectivity index (χ0v) is 9.01. The third-order valence-electron chi connectivity index (χ3n) is 2.10. The van der Waals surface area contributed by atoms with Crippen LogP contribution in [0.4, 0.5) is 0 Å². The Morgan fingerprint density at radius 3 is 2.85 bits per heavy atom. The van der Waals surface area contributed by atoms with Crippen molar-refractivity contribution >= 4 is 26.8 Å². The number of hydrogen-bond acceptors (Lipinski definition) is 1. The molecule has 0 bridgehead atoms. The summed E-state index contributed by atoms with van der Waals surface area (Å²) in [4.78, 5) is 4.52. The van der Waals surface area contributed by atoms with E-state index in [4.69, 9.17) is 0 Å². The minimum Gasteiger partial charge on any atom is -0.253 e. The van der Waals surface area contributed by atoms with Gasteiger partial charge in [-0.05, 0) is 30.7 Å². The number of pyridine rings is 1. The van der Waals surface area contributed by atoms with Crippen molar-refractivity contribution in [3.8, 4) is 0 Å². The van der Waals surface area contributed by atoms with Crippen LogP contribution in [-0.2, 0) is 6.42 Å². The van der Waals surface area contributed by atoms with Crippen molar-refractivity contribution in [1.29, 1.82) is 0 Å². The summed E-state index contributed by atoms with van der Waals surface area (Å²) < 4.78 is 1.11. The van der Waals surface area contributed by atoms with Gasteiger partial charge in [0.15, 0.2) is 0 Å². The molecule has 1 aromatic carbocycles. The maximum absolute atomic E-state index is 4.52. The van der Waals surface area contributed by atoms with Crippen molar-refractivity contribution in [3.05, 3.63) is 40.5 Å². The fourth-order valence-electron chi connectivity index (χ4n) is 1.36. The van der Waals surface area contributed by atoms with Crippen molar-refractivity contribution in [2.45, 2.75) is 13.3 Å². The van der Waals surface area contributed by atoms with Crippen LogP contribution in [0.3, 0.4) is 0 Å². The maximum Gasteiger partial charge on any atom is 0.0716 e. The van der Waals surface area contributed by atoms with E-state index in [1.54, 1.807) is 0 Å². The second-order valence-corrected chi connectivity index (χ2v) is 3.82. The summed E-state index contributed by atoms with van der Waals surface area (Å²) in [7, 11) is 0. The molecule has 2 heteroatoms. The molecule has 1 nitrogen and oxygen atoms in total. The van der Waals surface area contributed by atoms with E-state index >= 15 is 0 Å². The summed E-state index contributed by atoms with van der Waals surface area (Å²) in [5.74, 6) is 0. The lowest BCUT2D eigenvalue weighted by atomic mass is 10.2. The van der Waals surface area contributed by atoms with Crippen molar-refractivity contribution in [1.82, 2.24) is 4.98 Å². The molecule has 13 heavy (non-hydrogen) atoms. The van der Waals surface area contributed by atoms with E-state index in [1.165, 1.54) is 5.39 Å². The van der Waals surface area contributed by atoms with E-state index in [0.717, 1.165) is 22.1 Å². The lowest BCUT2D eigenvalue weighted by Crippen LogP contribution is -1.87. The second-order valence-electron chi connectivity index (χ2n) is 2.96. The van der Waals surface area contributed by atoms with Crippen LogP contribution in [0.5, 0.6) is 0 Å². The van der Waals surface area contributed by atoms with E-state index in [0.29, 0.717) is 0 Å². The molecule has 0 N–H and O–H groups in total. The van der Waals surface area contributed by atoms with Crippen LogP contribution in [0, 0.1) is 0 Å². The molecule has 0 saturated carbocycles. The van der Waals surface area contributed by atoms with Gasteiger partial charge in [-0.25, -0.2) is 0 Å². The van der Waals surface area contributed by atoms with Crippen molar-refractivity contribution in [2.75, 3.05) is 0 Å². The van der Waals surface area contributed by atoms with Crippen LogP contribution in [0.15, 0.2) is 34.8 Å². The molecule has 0 fully saturated rings. The number of aryl methyl sites for hydroxylation is 1. The first-order valence-electron chi connectivity index (χ1n) is 4.35. The molecule has 0 aliphatic rings. The number of benzene rings is 1. The molecule has 0 radical (unpaired) electrons. The second kappa shape index (κ2) is 3.46. The molecule has 0 unspecified atom stereocenters. The molecule has 0 saturated heterocycles. The van der Waals surface area contributed by atoms with E-state index in [-0.39, 0.29) is 0 Å². The Morgan fingerprint density at radius 2 is 2.08 bits per heavy atom. The Balaban J connectivity index is 2.72. The van der Waals surface area contributed by atoms with E-state index < -0.39 is 0 Å². The average molecular weight is 236 g/mol. The van der Waals surface area contributed by atoms with Gasteiger partial charge in [-0.15, -0.1) is 0 Å². The minimum absolute atomic E-state index is 0.989. The van der Waals surface area contributed by atoms with Crippen molar-refractivity contribution in [3.63, 3.8) is 0 Å². The fraction of sp³-hybridized carbons (Fsp3) is 0.182. The highest BCUT2D eigenvalue weighted by Gasteiger charge is 1.99. The Labute approximate surface area is 85.9 Å². The summed E-state index contributed by atoms with van der Waals surface area (Å²) in [5, 5.41) is 1.18. The zero-order valence-electron chi connectivity index (χ0n) is 7.42. The number of halogens is 1. The Morgan fingerprint density at radius 1 is 1.23 bits per heavy atom. The molecule has 0 amide bonds. The summed E-state index contributed by atoms with van der Waals surface area (Å²) in [6.07, 6.45) is 0.989. The van der Waals surface area contributed by atoms with Gasteiger partial charge in [0.1, 0.15) is 0 Å². The Bertz CT molecular complexity index is 437. The van der Waals surface area contributed by atoms with Crippen molar-refractivity contribution < 1.29 is 0 Å². The SMILES string of the molecule is CCc1ccc2c(Br)cccc2n1. The molecule has 0 atom stereocenters. The Hall–Kier alpha value is -0.890. The molecule has 66 valence electrons. The summed E-state index contributed by atoms with van der Waals surface area (Å²) in [6, 6.07) is 10.3. The molecular formula is C11H10BrN. The monoisotopic (exact) mass is 235 g/mol. The van der Waals surface area contributed by atoms with Gasteiger partial charge in [0, 0.05) is 15.6 Å². The standard InChI is InChI=1S/C11H10BrN/c1-2-8-6-7-9-10(12)4-3-5-11(9)13-8/h3-7H,2H2,1H3. The highest BCUT2D eigenvalue weighted by molar-refractivity contribution is 9.10. The molecular weight excluding hydrogens is 226 g/mol. The summed E-state index contributed by atoms with van der Waals surface area (Å²) >= 11 is 3.50.